The molecule has 5 nitrogen and oxygen atoms in total. The molecule has 0 spiro atoms. The first-order valence-corrected chi connectivity index (χ1v) is 9.05. The molecule has 2 aromatic rings. The van der Waals surface area contributed by atoms with Gasteiger partial charge in [0.1, 0.15) is 10.8 Å². The zero-order valence-corrected chi connectivity index (χ0v) is 14.7. The van der Waals surface area contributed by atoms with Gasteiger partial charge in [-0.15, -0.1) is 11.3 Å². The van der Waals surface area contributed by atoms with Crippen molar-refractivity contribution in [3.8, 4) is 10.4 Å². The number of halogens is 1. The number of thiophene rings is 1. The standard InChI is InChI=1S/C18H20FN3O2S/c1-2-3-4-9-7-13-14(16(20)23)17(22-18(21)24)25-15(13)11-6-5-10(19)8-12(9)11/h5-6,8-9H,2-4,7H2,1H3,(H2,20,23)(H3,21,22,24). The molecule has 25 heavy (non-hydrogen) atoms. The van der Waals surface area contributed by atoms with E-state index in [-0.39, 0.29) is 11.7 Å². The Bertz CT molecular complexity index is 847. The first kappa shape index (κ1) is 17.4. The number of benzene rings is 1. The van der Waals surface area contributed by atoms with Crippen LogP contribution in [0.15, 0.2) is 18.2 Å². The highest BCUT2D eigenvalue weighted by molar-refractivity contribution is 7.20. The zero-order chi connectivity index (χ0) is 18.1. The highest BCUT2D eigenvalue weighted by atomic mass is 32.1. The molecule has 0 saturated carbocycles. The van der Waals surface area contributed by atoms with Gasteiger partial charge >= 0.3 is 6.03 Å². The molecule has 1 aromatic carbocycles. The molecular formula is C18H20FN3O2S. The largest absolute Gasteiger partial charge is 0.365 e. The maximum Gasteiger partial charge on any atom is 0.317 e. The number of carbonyl (C=O) groups is 2. The quantitative estimate of drug-likeness (QED) is 0.751. The van der Waals surface area contributed by atoms with Crippen molar-refractivity contribution in [3.63, 3.8) is 0 Å². The predicted molar refractivity (Wildman–Crippen MR) is 97.4 cm³/mol. The Kier molecular flexibility index (Phi) is 4.76. The van der Waals surface area contributed by atoms with Gasteiger partial charge in [-0.1, -0.05) is 25.8 Å². The highest BCUT2D eigenvalue weighted by Gasteiger charge is 2.32. The topological polar surface area (TPSA) is 98.2 Å². The van der Waals surface area contributed by atoms with E-state index in [0.717, 1.165) is 40.8 Å². The Morgan fingerprint density at radius 3 is 2.76 bits per heavy atom. The molecule has 132 valence electrons. The van der Waals surface area contributed by atoms with Gasteiger partial charge in [-0.25, -0.2) is 9.18 Å². The van der Waals surface area contributed by atoms with E-state index in [2.05, 4.69) is 12.2 Å². The fourth-order valence-corrected chi connectivity index (χ4v) is 4.77. The summed E-state index contributed by atoms with van der Waals surface area (Å²) in [5.74, 6) is -0.751. The fourth-order valence-electron chi connectivity index (χ4n) is 3.48. The molecular weight excluding hydrogens is 341 g/mol. The summed E-state index contributed by atoms with van der Waals surface area (Å²) in [6.07, 6.45) is 3.55. The first-order chi connectivity index (χ1) is 11.9. The summed E-state index contributed by atoms with van der Waals surface area (Å²) in [6, 6.07) is 3.97. The zero-order valence-electron chi connectivity index (χ0n) is 13.9. The summed E-state index contributed by atoms with van der Waals surface area (Å²) >= 11 is 1.26. The maximum atomic E-state index is 13.8. The van der Waals surface area contributed by atoms with Crippen LogP contribution in [0.3, 0.4) is 0 Å². The van der Waals surface area contributed by atoms with Crippen molar-refractivity contribution < 1.29 is 14.0 Å². The van der Waals surface area contributed by atoms with Gasteiger partial charge in [0.05, 0.1) is 5.56 Å². The summed E-state index contributed by atoms with van der Waals surface area (Å²) in [5, 5.41) is 2.85. The number of carbonyl (C=O) groups excluding carboxylic acids is 2. The summed E-state index contributed by atoms with van der Waals surface area (Å²) in [4.78, 5) is 24.1. The number of nitrogens with two attached hydrogens (primary N) is 2. The highest BCUT2D eigenvalue weighted by Crippen LogP contribution is 2.49. The molecule has 0 fully saturated rings. The number of unbranched alkanes of at least 4 members (excludes halogenated alkanes) is 1. The molecule has 0 bridgehead atoms. The van der Waals surface area contributed by atoms with Crippen molar-refractivity contribution in [2.45, 2.75) is 38.5 Å². The molecule has 1 atom stereocenters. The van der Waals surface area contributed by atoms with Gasteiger partial charge in [-0.3, -0.25) is 10.1 Å². The lowest BCUT2D eigenvalue weighted by Gasteiger charge is -2.26. The van der Waals surface area contributed by atoms with E-state index in [0.29, 0.717) is 17.0 Å². The van der Waals surface area contributed by atoms with Crippen LogP contribution in [0, 0.1) is 5.82 Å². The Morgan fingerprint density at radius 1 is 1.36 bits per heavy atom. The van der Waals surface area contributed by atoms with Crippen molar-refractivity contribution in [1.82, 2.24) is 0 Å². The minimum absolute atomic E-state index is 0.118. The lowest BCUT2D eigenvalue weighted by atomic mass is 9.78. The third-order valence-corrected chi connectivity index (χ3v) is 5.73. The number of amides is 3. The lowest BCUT2D eigenvalue weighted by Crippen LogP contribution is -2.22. The molecule has 1 heterocycles. The number of hydrogen-bond donors (Lipinski definition) is 3. The second-order valence-corrected chi connectivity index (χ2v) is 7.26. The third-order valence-electron chi connectivity index (χ3n) is 4.54. The van der Waals surface area contributed by atoms with Crippen LogP contribution in [0.25, 0.3) is 10.4 Å². The number of rotatable bonds is 5. The number of urea groups is 1. The van der Waals surface area contributed by atoms with E-state index in [1.54, 1.807) is 12.1 Å². The molecule has 7 heteroatoms. The molecule has 0 aliphatic heterocycles. The van der Waals surface area contributed by atoms with Gasteiger partial charge in [0.25, 0.3) is 5.91 Å². The van der Waals surface area contributed by atoms with Gasteiger partial charge in [0.15, 0.2) is 0 Å². The van der Waals surface area contributed by atoms with Crippen LogP contribution in [0.1, 0.15) is 53.6 Å². The maximum absolute atomic E-state index is 13.8. The molecule has 1 aromatic heterocycles. The number of primary amides is 2. The predicted octanol–water partition coefficient (Wildman–Crippen LogP) is 3.97. The first-order valence-electron chi connectivity index (χ1n) is 8.24. The molecule has 1 unspecified atom stereocenters. The second kappa shape index (κ2) is 6.84. The van der Waals surface area contributed by atoms with Crippen LogP contribution < -0.4 is 16.8 Å². The average molecular weight is 361 g/mol. The average Bonchev–Trinajstić information content (AvgIpc) is 2.89. The third kappa shape index (κ3) is 3.24. The number of hydrogen-bond acceptors (Lipinski definition) is 3. The van der Waals surface area contributed by atoms with Crippen molar-refractivity contribution in [1.29, 1.82) is 0 Å². The molecule has 3 rings (SSSR count). The Labute approximate surface area is 149 Å². The Hall–Kier alpha value is -2.41. The molecule has 0 radical (unpaired) electrons. The van der Waals surface area contributed by atoms with Crippen molar-refractivity contribution in [2.75, 3.05) is 5.32 Å². The van der Waals surface area contributed by atoms with Crippen LogP contribution in [-0.2, 0) is 6.42 Å². The van der Waals surface area contributed by atoms with Gasteiger partial charge < -0.3 is 11.5 Å². The van der Waals surface area contributed by atoms with Crippen molar-refractivity contribution in [2.24, 2.45) is 11.5 Å². The summed E-state index contributed by atoms with van der Waals surface area (Å²) in [5.41, 5.74) is 13.8. The second-order valence-electron chi connectivity index (χ2n) is 6.24. The molecule has 3 amide bonds. The van der Waals surface area contributed by atoms with Gasteiger partial charge in [-0.05, 0) is 47.6 Å². The van der Waals surface area contributed by atoms with Gasteiger partial charge in [0.2, 0.25) is 0 Å². The number of nitrogens with one attached hydrogen (secondary N) is 1. The number of anilines is 1. The summed E-state index contributed by atoms with van der Waals surface area (Å²) in [6.45, 7) is 2.11. The molecule has 1 aliphatic rings. The van der Waals surface area contributed by atoms with Crippen LogP contribution in [-0.4, -0.2) is 11.9 Å². The Balaban J connectivity index is 2.17. The Morgan fingerprint density at radius 2 is 2.12 bits per heavy atom. The van der Waals surface area contributed by atoms with E-state index in [4.69, 9.17) is 11.5 Å². The van der Waals surface area contributed by atoms with Crippen molar-refractivity contribution >= 4 is 28.3 Å². The number of fused-ring (bicyclic) bond motifs is 3. The fraction of sp³-hybridized carbons (Fsp3) is 0.333. The van der Waals surface area contributed by atoms with Gasteiger partial charge in [-0.2, -0.15) is 0 Å². The minimum atomic E-state index is -0.747. The SMILES string of the molecule is CCCCC1Cc2c(sc(NC(N)=O)c2C(N)=O)-c2ccc(F)cc21. The van der Waals surface area contributed by atoms with Crippen LogP contribution in [0.5, 0.6) is 0 Å². The smallest absolute Gasteiger partial charge is 0.317 e. The normalized spacial score (nSPS) is 15.4. The van der Waals surface area contributed by atoms with E-state index in [9.17, 15) is 14.0 Å². The summed E-state index contributed by atoms with van der Waals surface area (Å²) in [7, 11) is 0. The molecule has 0 saturated heterocycles. The van der Waals surface area contributed by atoms with E-state index >= 15 is 0 Å². The van der Waals surface area contributed by atoms with E-state index in [1.165, 1.54) is 17.4 Å². The summed E-state index contributed by atoms with van der Waals surface area (Å²) < 4.78 is 13.8. The van der Waals surface area contributed by atoms with Crippen LogP contribution in [0.4, 0.5) is 14.2 Å². The monoisotopic (exact) mass is 361 g/mol. The van der Waals surface area contributed by atoms with Crippen LogP contribution in [0.2, 0.25) is 0 Å². The van der Waals surface area contributed by atoms with E-state index in [1.807, 2.05) is 0 Å². The van der Waals surface area contributed by atoms with Crippen LogP contribution >= 0.6 is 11.3 Å². The van der Waals surface area contributed by atoms with Crippen molar-refractivity contribution in [3.05, 3.63) is 40.7 Å². The lowest BCUT2D eigenvalue weighted by molar-refractivity contribution is 0.100. The van der Waals surface area contributed by atoms with E-state index < -0.39 is 11.9 Å². The molecule has 5 N–H and O–H groups in total. The molecule has 1 aliphatic carbocycles. The van der Waals surface area contributed by atoms with Gasteiger partial charge in [0, 0.05) is 4.88 Å². The minimum Gasteiger partial charge on any atom is -0.365 e.